The molecule has 0 saturated heterocycles. The van der Waals surface area contributed by atoms with Crippen LogP contribution in [0.1, 0.15) is 11.1 Å². The minimum Gasteiger partial charge on any atom is -0.456 e. The summed E-state index contributed by atoms with van der Waals surface area (Å²) in [6.07, 6.45) is 0. The molecule has 2 rings (SSSR count). The van der Waals surface area contributed by atoms with Crippen LogP contribution < -0.4 is 4.74 Å². The molecule has 0 atom stereocenters. The van der Waals surface area contributed by atoms with Crippen LogP contribution in [0, 0.1) is 18.3 Å². The van der Waals surface area contributed by atoms with Gasteiger partial charge in [-0.3, -0.25) is 0 Å². The number of hydrogen-bond acceptors (Lipinski definition) is 2. The van der Waals surface area contributed by atoms with Crippen molar-refractivity contribution in [2.75, 3.05) is 0 Å². The summed E-state index contributed by atoms with van der Waals surface area (Å²) in [6, 6.07) is 14.7. The van der Waals surface area contributed by atoms with Gasteiger partial charge in [0.1, 0.15) is 11.5 Å². The Labute approximate surface area is 105 Å². The van der Waals surface area contributed by atoms with Crippen LogP contribution in [0.25, 0.3) is 0 Å². The Bertz CT molecular complexity index is 587. The van der Waals surface area contributed by atoms with E-state index >= 15 is 0 Å². The van der Waals surface area contributed by atoms with Crippen molar-refractivity contribution in [2.45, 2.75) is 6.92 Å². The highest BCUT2D eigenvalue weighted by Crippen LogP contribution is 2.30. The molecular weight excluding hydrogens is 234 g/mol. The molecule has 2 nitrogen and oxygen atoms in total. The van der Waals surface area contributed by atoms with Gasteiger partial charge in [-0.15, -0.1) is 0 Å². The van der Waals surface area contributed by atoms with Crippen molar-refractivity contribution >= 4 is 11.6 Å². The lowest BCUT2D eigenvalue weighted by Crippen LogP contribution is -1.89. The van der Waals surface area contributed by atoms with E-state index in [0.29, 0.717) is 22.1 Å². The first kappa shape index (κ1) is 11.5. The average molecular weight is 244 g/mol. The molecule has 0 unspecified atom stereocenters. The third-order valence-corrected chi connectivity index (χ3v) is 2.67. The van der Waals surface area contributed by atoms with Gasteiger partial charge in [0.15, 0.2) is 0 Å². The second-order valence-electron chi connectivity index (χ2n) is 3.62. The van der Waals surface area contributed by atoms with E-state index in [2.05, 4.69) is 6.07 Å². The second kappa shape index (κ2) is 4.90. The van der Waals surface area contributed by atoms with Crippen LogP contribution in [-0.2, 0) is 0 Å². The predicted octanol–water partition coefficient (Wildman–Crippen LogP) is 4.31. The summed E-state index contributed by atoms with van der Waals surface area (Å²) in [6.45, 7) is 1.90. The van der Waals surface area contributed by atoms with Crippen LogP contribution in [0.15, 0.2) is 42.5 Å². The van der Waals surface area contributed by atoms with Gasteiger partial charge in [0.2, 0.25) is 0 Å². The fraction of sp³-hybridized carbons (Fsp3) is 0.0714. The molecule has 0 aliphatic heterocycles. The highest BCUT2D eigenvalue weighted by Gasteiger charge is 2.05. The summed E-state index contributed by atoms with van der Waals surface area (Å²) in [5.41, 5.74) is 1.53. The molecule has 0 saturated carbocycles. The van der Waals surface area contributed by atoms with Gasteiger partial charge in [-0.05, 0) is 42.8 Å². The molecule has 0 N–H and O–H groups in total. The van der Waals surface area contributed by atoms with E-state index in [1.807, 2.05) is 19.1 Å². The summed E-state index contributed by atoms with van der Waals surface area (Å²) in [4.78, 5) is 0. The molecule has 0 amide bonds. The van der Waals surface area contributed by atoms with Crippen molar-refractivity contribution in [2.24, 2.45) is 0 Å². The number of rotatable bonds is 2. The first-order valence-corrected chi connectivity index (χ1v) is 5.51. The zero-order valence-electron chi connectivity index (χ0n) is 9.27. The number of halogens is 1. The summed E-state index contributed by atoms with van der Waals surface area (Å²) in [5, 5.41) is 9.34. The first-order valence-electron chi connectivity index (χ1n) is 5.14. The van der Waals surface area contributed by atoms with Crippen LogP contribution in [0.3, 0.4) is 0 Å². The summed E-state index contributed by atoms with van der Waals surface area (Å²) in [5.74, 6) is 1.32. The lowest BCUT2D eigenvalue weighted by Gasteiger charge is -2.09. The van der Waals surface area contributed by atoms with Gasteiger partial charge in [0, 0.05) is 0 Å². The van der Waals surface area contributed by atoms with Crippen molar-refractivity contribution in [1.29, 1.82) is 5.26 Å². The van der Waals surface area contributed by atoms with Gasteiger partial charge in [-0.25, -0.2) is 0 Å². The van der Waals surface area contributed by atoms with Crippen molar-refractivity contribution in [3.63, 3.8) is 0 Å². The standard InChI is InChI=1S/C14H10ClNO/c1-10-8-11(9-16)6-7-13(10)17-14-5-3-2-4-12(14)15/h2-8H,1H3. The molecule has 0 aliphatic carbocycles. The Morgan fingerprint density at radius 3 is 2.53 bits per heavy atom. The third kappa shape index (κ3) is 2.58. The van der Waals surface area contributed by atoms with E-state index in [9.17, 15) is 0 Å². The van der Waals surface area contributed by atoms with E-state index in [1.54, 1.807) is 30.3 Å². The molecule has 0 aromatic heterocycles. The maximum Gasteiger partial charge on any atom is 0.146 e. The zero-order valence-corrected chi connectivity index (χ0v) is 10.0. The third-order valence-electron chi connectivity index (χ3n) is 2.36. The molecule has 0 bridgehead atoms. The molecule has 0 radical (unpaired) electrons. The lowest BCUT2D eigenvalue weighted by atomic mass is 10.1. The Balaban J connectivity index is 2.32. The lowest BCUT2D eigenvalue weighted by molar-refractivity contribution is 0.479. The highest BCUT2D eigenvalue weighted by molar-refractivity contribution is 6.32. The fourth-order valence-corrected chi connectivity index (χ4v) is 1.65. The van der Waals surface area contributed by atoms with E-state index < -0.39 is 0 Å². The second-order valence-corrected chi connectivity index (χ2v) is 4.03. The number of ether oxygens (including phenoxy) is 1. The summed E-state index contributed by atoms with van der Waals surface area (Å²) >= 11 is 6.01. The van der Waals surface area contributed by atoms with Crippen molar-refractivity contribution in [1.82, 2.24) is 0 Å². The minimum absolute atomic E-state index is 0.566. The zero-order chi connectivity index (χ0) is 12.3. The van der Waals surface area contributed by atoms with Crippen molar-refractivity contribution in [3.05, 3.63) is 58.6 Å². The molecule has 3 heteroatoms. The van der Waals surface area contributed by atoms with Gasteiger partial charge in [0.25, 0.3) is 0 Å². The SMILES string of the molecule is Cc1cc(C#N)ccc1Oc1ccccc1Cl. The van der Waals surface area contributed by atoms with E-state index in [0.717, 1.165) is 5.56 Å². The van der Waals surface area contributed by atoms with Crippen LogP contribution >= 0.6 is 11.6 Å². The molecule has 84 valence electrons. The smallest absolute Gasteiger partial charge is 0.146 e. The van der Waals surface area contributed by atoms with Crippen molar-refractivity contribution in [3.8, 4) is 17.6 Å². The van der Waals surface area contributed by atoms with E-state index in [1.165, 1.54) is 0 Å². The monoisotopic (exact) mass is 243 g/mol. The number of nitrogens with zero attached hydrogens (tertiary/aromatic N) is 1. The molecular formula is C14H10ClNO. The fourth-order valence-electron chi connectivity index (χ4n) is 1.48. The maximum atomic E-state index is 8.77. The van der Waals surface area contributed by atoms with E-state index in [4.69, 9.17) is 21.6 Å². The normalized spacial score (nSPS) is 9.71. The minimum atomic E-state index is 0.566. The Morgan fingerprint density at radius 1 is 1.12 bits per heavy atom. The predicted molar refractivity (Wildman–Crippen MR) is 67.4 cm³/mol. The largest absolute Gasteiger partial charge is 0.456 e. The Hall–Kier alpha value is -1.98. The number of nitriles is 1. The first-order chi connectivity index (χ1) is 8.20. The van der Waals surface area contributed by atoms with Gasteiger partial charge in [-0.2, -0.15) is 5.26 Å². The van der Waals surface area contributed by atoms with Gasteiger partial charge in [-0.1, -0.05) is 23.7 Å². The Morgan fingerprint density at radius 2 is 1.88 bits per heavy atom. The summed E-state index contributed by atoms with van der Waals surface area (Å²) < 4.78 is 5.70. The van der Waals surface area contributed by atoms with Crippen molar-refractivity contribution < 1.29 is 4.74 Å². The average Bonchev–Trinajstić information content (AvgIpc) is 2.34. The van der Waals surface area contributed by atoms with Gasteiger partial charge < -0.3 is 4.74 Å². The Kier molecular flexibility index (Phi) is 3.32. The molecule has 0 spiro atoms. The molecule has 0 aliphatic rings. The number of aryl methyl sites for hydroxylation is 1. The number of hydrogen-bond donors (Lipinski definition) is 0. The summed E-state index contributed by atoms with van der Waals surface area (Å²) in [7, 11) is 0. The maximum absolute atomic E-state index is 8.77. The topological polar surface area (TPSA) is 33.0 Å². The van der Waals surface area contributed by atoms with Crippen LogP contribution in [0.2, 0.25) is 5.02 Å². The van der Waals surface area contributed by atoms with Crippen LogP contribution in [-0.4, -0.2) is 0 Å². The molecule has 0 heterocycles. The molecule has 2 aromatic rings. The van der Waals surface area contributed by atoms with Crippen LogP contribution in [0.4, 0.5) is 0 Å². The van der Waals surface area contributed by atoms with Crippen LogP contribution in [0.5, 0.6) is 11.5 Å². The number of benzene rings is 2. The molecule has 2 aromatic carbocycles. The molecule has 0 fully saturated rings. The van der Waals surface area contributed by atoms with Gasteiger partial charge in [0.05, 0.1) is 16.7 Å². The number of para-hydroxylation sites is 1. The highest BCUT2D eigenvalue weighted by atomic mass is 35.5. The van der Waals surface area contributed by atoms with Gasteiger partial charge >= 0.3 is 0 Å². The quantitative estimate of drug-likeness (QED) is 0.787. The van der Waals surface area contributed by atoms with E-state index in [-0.39, 0.29) is 0 Å². The molecule has 17 heavy (non-hydrogen) atoms.